The molecule has 1 unspecified atom stereocenters. The molecule has 1 atom stereocenters. The Morgan fingerprint density at radius 1 is 0.952 bits per heavy atom. The van der Waals surface area contributed by atoms with Gasteiger partial charge in [-0.2, -0.15) is 27.1 Å². The van der Waals surface area contributed by atoms with Gasteiger partial charge in [-0.25, -0.2) is 12.6 Å². The topological polar surface area (TPSA) is 241 Å². The Labute approximate surface area is 242 Å². The minimum Gasteiger partial charge on any atom is -0.495 e. The Morgan fingerprint density at radius 2 is 1.57 bits per heavy atom. The zero-order valence-corrected chi connectivity index (χ0v) is 25.5. The molecule has 2 rings (SSSR count). The average molecular weight is 652 g/mol. The highest BCUT2D eigenvalue weighted by Crippen LogP contribution is 2.38. The van der Waals surface area contributed by atoms with Crippen molar-refractivity contribution >= 4 is 53.4 Å². The van der Waals surface area contributed by atoms with Crippen molar-refractivity contribution in [3.63, 3.8) is 0 Å². The number of hydrogen-bond acceptors (Lipinski definition) is 13. The predicted octanol–water partition coefficient (Wildman–Crippen LogP) is 2.09. The Kier molecular flexibility index (Phi) is 11.3. The number of sulfone groups is 1. The number of nitrogens with one attached hydrogen (secondary N) is 1. The van der Waals surface area contributed by atoms with E-state index < -0.39 is 65.3 Å². The van der Waals surface area contributed by atoms with Crippen LogP contribution < -0.4 is 14.8 Å². The summed E-state index contributed by atoms with van der Waals surface area (Å²) in [5.41, 5.74) is 0.540. The second-order valence-electron chi connectivity index (χ2n) is 8.56. The number of aryl methyl sites for hydroxylation is 2. The standard InChI is InChI=1S/C23H29N3O13S3/c1-6-15-10-20(41(31,32)33)13(2)9-16(15)24-23(28)22(14(3)27)26-25-17-11-19(38-5)21(12-18(17)37-4)40(29,30)8-7-39-42(34,35)36/h9-12,22H,6-8H2,1-5H3,(H,24,28)(H,31,32,33)(H,34,35,36). The number of carbonyl (C=O) groups excluding carboxylic acids is 2. The number of Topliss-reactive ketones (excluding diaryl/α,β-unsaturated/α-hetero) is 1. The Balaban J connectivity index is 2.44. The minimum absolute atomic E-state index is 0.135. The van der Waals surface area contributed by atoms with Crippen molar-refractivity contribution < 1.29 is 57.6 Å². The summed E-state index contributed by atoms with van der Waals surface area (Å²) in [7, 11) is -11.3. The van der Waals surface area contributed by atoms with Gasteiger partial charge in [-0.1, -0.05) is 6.92 Å². The number of rotatable bonds is 14. The number of ketones is 1. The van der Waals surface area contributed by atoms with Gasteiger partial charge in [-0.15, -0.1) is 0 Å². The third-order valence-electron chi connectivity index (χ3n) is 5.62. The largest absolute Gasteiger partial charge is 0.495 e. The number of anilines is 1. The molecule has 0 aromatic heterocycles. The molecule has 0 aliphatic rings. The summed E-state index contributed by atoms with van der Waals surface area (Å²) in [5.74, 6) is -2.92. The maximum absolute atomic E-state index is 13.0. The van der Waals surface area contributed by atoms with Crippen LogP contribution in [0.25, 0.3) is 0 Å². The number of azo groups is 1. The van der Waals surface area contributed by atoms with Gasteiger partial charge in [0.2, 0.25) is 6.04 Å². The molecule has 0 spiro atoms. The second kappa shape index (κ2) is 13.7. The monoisotopic (exact) mass is 651 g/mol. The van der Waals surface area contributed by atoms with E-state index in [9.17, 15) is 39.4 Å². The van der Waals surface area contributed by atoms with Gasteiger partial charge in [0, 0.05) is 17.8 Å². The van der Waals surface area contributed by atoms with E-state index in [1.54, 1.807) is 6.92 Å². The highest BCUT2D eigenvalue weighted by Gasteiger charge is 2.27. The Morgan fingerprint density at radius 3 is 2.07 bits per heavy atom. The third kappa shape index (κ3) is 9.00. The zero-order chi connectivity index (χ0) is 32.0. The van der Waals surface area contributed by atoms with E-state index in [1.165, 1.54) is 26.2 Å². The molecule has 0 saturated carbocycles. The van der Waals surface area contributed by atoms with Crippen molar-refractivity contribution in [1.29, 1.82) is 0 Å². The normalized spacial score (nSPS) is 13.1. The van der Waals surface area contributed by atoms with E-state index in [1.807, 2.05) is 0 Å². The molecule has 2 aromatic rings. The minimum atomic E-state index is -4.87. The van der Waals surface area contributed by atoms with Crippen LogP contribution in [0.3, 0.4) is 0 Å². The molecular formula is C23H29N3O13S3. The maximum atomic E-state index is 13.0. The van der Waals surface area contributed by atoms with Crippen LogP contribution in [0.15, 0.2) is 44.3 Å². The smallest absolute Gasteiger partial charge is 0.397 e. The van der Waals surface area contributed by atoms with Crippen molar-refractivity contribution in [2.45, 2.75) is 43.0 Å². The van der Waals surface area contributed by atoms with Gasteiger partial charge in [-0.05, 0) is 43.5 Å². The van der Waals surface area contributed by atoms with Crippen molar-refractivity contribution in [3.05, 3.63) is 35.4 Å². The lowest BCUT2D eigenvalue weighted by atomic mass is 10.1. The van der Waals surface area contributed by atoms with E-state index in [0.29, 0.717) is 5.56 Å². The van der Waals surface area contributed by atoms with Gasteiger partial charge in [0.05, 0.1) is 31.5 Å². The summed E-state index contributed by atoms with van der Waals surface area (Å²) in [6, 6.07) is 2.94. The highest BCUT2D eigenvalue weighted by molar-refractivity contribution is 7.91. The molecule has 232 valence electrons. The highest BCUT2D eigenvalue weighted by atomic mass is 32.3. The van der Waals surface area contributed by atoms with E-state index in [0.717, 1.165) is 26.2 Å². The van der Waals surface area contributed by atoms with Crippen LogP contribution in [-0.4, -0.2) is 78.7 Å². The summed E-state index contributed by atoms with van der Waals surface area (Å²) >= 11 is 0. The van der Waals surface area contributed by atoms with Gasteiger partial charge in [0.25, 0.3) is 16.0 Å². The number of methoxy groups -OCH3 is 2. The molecule has 0 saturated heterocycles. The molecule has 42 heavy (non-hydrogen) atoms. The van der Waals surface area contributed by atoms with Gasteiger partial charge in [0.1, 0.15) is 22.1 Å². The summed E-state index contributed by atoms with van der Waals surface area (Å²) in [5, 5.41) is 10.2. The average Bonchev–Trinajstić information content (AvgIpc) is 2.86. The van der Waals surface area contributed by atoms with Crippen LogP contribution in [0.1, 0.15) is 25.0 Å². The fourth-order valence-electron chi connectivity index (χ4n) is 3.59. The van der Waals surface area contributed by atoms with Gasteiger partial charge in [-0.3, -0.25) is 18.7 Å². The maximum Gasteiger partial charge on any atom is 0.397 e. The molecule has 1 amide bonds. The number of amides is 1. The number of nitrogens with zero attached hydrogens (tertiary/aromatic N) is 2. The van der Waals surface area contributed by atoms with Crippen molar-refractivity contribution in [2.24, 2.45) is 10.2 Å². The third-order valence-corrected chi connectivity index (χ3v) is 8.77. The van der Waals surface area contributed by atoms with E-state index >= 15 is 0 Å². The van der Waals surface area contributed by atoms with Gasteiger partial charge >= 0.3 is 10.4 Å². The molecule has 0 radical (unpaired) electrons. The van der Waals surface area contributed by atoms with Crippen molar-refractivity contribution in [1.82, 2.24) is 0 Å². The summed E-state index contributed by atoms with van der Waals surface area (Å²) in [6.45, 7) is 3.28. The van der Waals surface area contributed by atoms with E-state index in [4.69, 9.17) is 14.0 Å². The fraction of sp³-hybridized carbons (Fsp3) is 0.391. The van der Waals surface area contributed by atoms with Crippen LogP contribution in [0, 0.1) is 6.92 Å². The van der Waals surface area contributed by atoms with E-state index in [2.05, 4.69) is 19.7 Å². The first-order valence-corrected chi connectivity index (χ1v) is 16.2. The first-order chi connectivity index (χ1) is 19.3. The van der Waals surface area contributed by atoms with Crippen LogP contribution in [0.4, 0.5) is 11.4 Å². The Hall–Kier alpha value is -3.49. The quantitative estimate of drug-likeness (QED) is 0.151. The number of benzene rings is 2. The molecule has 3 N–H and O–H groups in total. The first-order valence-electron chi connectivity index (χ1n) is 11.8. The molecule has 16 nitrogen and oxygen atoms in total. The van der Waals surface area contributed by atoms with Crippen molar-refractivity contribution in [3.8, 4) is 11.5 Å². The van der Waals surface area contributed by atoms with Crippen LogP contribution in [-0.2, 0) is 50.5 Å². The molecule has 0 bridgehead atoms. The van der Waals surface area contributed by atoms with Crippen molar-refractivity contribution in [2.75, 3.05) is 31.9 Å². The second-order valence-corrected chi connectivity index (χ2v) is 13.1. The first kappa shape index (κ1) is 34.7. The molecule has 0 fully saturated rings. The van der Waals surface area contributed by atoms with E-state index in [-0.39, 0.29) is 39.8 Å². The van der Waals surface area contributed by atoms with Crippen LogP contribution in [0.2, 0.25) is 0 Å². The summed E-state index contributed by atoms with van der Waals surface area (Å²) < 4.78 is 103. The van der Waals surface area contributed by atoms with Gasteiger partial charge in [0.15, 0.2) is 15.6 Å². The summed E-state index contributed by atoms with van der Waals surface area (Å²) in [4.78, 5) is 24.5. The molecule has 0 aliphatic heterocycles. The molecule has 19 heteroatoms. The number of hydrogen-bond donors (Lipinski definition) is 3. The molecule has 2 aromatic carbocycles. The fourth-order valence-corrected chi connectivity index (χ4v) is 6.00. The molecular weight excluding hydrogens is 622 g/mol. The van der Waals surface area contributed by atoms with Crippen LogP contribution >= 0.6 is 0 Å². The van der Waals surface area contributed by atoms with Crippen LogP contribution in [0.5, 0.6) is 11.5 Å². The predicted molar refractivity (Wildman–Crippen MR) is 147 cm³/mol. The van der Waals surface area contributed by atoms with Gasteiger partial charge < -0.3 is 14.8 Å². The lowest BCUT2D eigenvalue weighted by molar-refractivity contribution is -0.126. The molecule has 0 heterocycles. The number of carbonyl (C=O) groups is 2. The SMILES string of the molecule is CCc1cc(S(=O)(=O)O)c(C)cc1NC(=O)C(N=Nc1cc(OC)c(S(=O)(=O)CCOS(=O)(=O)O)cc1OC)C(C)=O. The summed E-state index contributed by atoms with van der Waals surface area (Å²) in [6.07, 6.45) is 0.263. The number of ether oxygens (including phenoxy) is 2. The lowest BCUT2D eigenvalue weighted by Gasteiger charge is -2.15. The zero-order valence-electron chi connectivity index (χ0n) is 23.0. The lowest BCUT2D eigenvalue weighted by Crippen LogP contribution is -2.32. The Bertz CT molecular complexity index is 1720. The molecule has 0 aliphatic carbocycles.